The molecular weight excluding hydrogens is 310 g/mol. The van der Waals surface area contributed by atoms with E-state index in [-0.39, 0.29) is 18.6 Å². The first-order chi connectivity index (χ1) is 11.2. The first-order valence-corrected chi connectivity index (χ1v) is 8.28. The molecule has 0 aromatic heterocycles. The molecular formula is C19H22ClNO2. The summed E-state index contributed by atoms with van der Waals surface area (Å²) in [7, 11) is 0. The van der Waals surface area contributed by atoms with E-state index in [9.17, 15) is 4.79 Å². The second-order valence-corrected chi connectivity index (χ2v) is 5.77. The molecule has 0 radical (unpaired) electrons. The molecule has 0 saturated heterocycles. The Hall–Kier alpha value is -1.84. The van der Waals surface area contributed by atoms with Crippen LogP contribution in [-0.2, 0) is 16.1 Å². The number of benzene rings is 2. The van der Waals surface area contributed by atoms with Gasteiger partial charge in [0.15, 0.2) is 0 Å². The lowest BCUT2D eigenvalue weighted by Crippen LogP contribution is -2.34. The summed E-state index contributed by atoms with van der Waals surface area (Å²) in [5.41, 5.74) is 2.15. The Kier molecular flexibility index (Phi) is 7.11. The van der Waals surface area contributed by atoms with Crippen LogP contribution in [0.25, 0.3) is 0 Å². The van der Waals surface area contributed by atoms with Crippen LogP contribution in [0, 0.1) is 0 Å². The standard InChI is InChI=1S/C19H22ClNO2/c1-16(18-10-6-3-7-11-18)21(13-12-20)14-19(22)23-15-17-8-4-2-5-9-17/h2-11,16H,12-15H2,1H3/t16-/m0/s1. The Morgan fingerprint density at radius 3 is 2.30 bits per heavy atom. The molecule has 0 aliphatic heterocycles. The Morgan fingerprint density at radius 2 is 1.70 bits per heavy atom. The van der Waals surface area contributed by atoms with Gasteiger partial charge >= 0.3 is 5.97 Å². The smallest absolute Gasteiger partial charge is 0.320 e. The highest BCUT2D eigenvalue weighted by molar-refractivity contribution is 6.18. The minimum Gasteiger partial charge on any atom is -0.460 e. The molecule has 0 amide bonds. The van der Waals surface area contributed by atoms with E-state index >= 15 is 0 Å². The zero-order chi connectivity index (χ0) is 16.5. The quantitative estimate of drug-likeness (QED) is 0.540. The van der Waals surface area contributed by atoms with Gasteiger partial charge < -0.3 is 4.74 Å². The van der Waals surface area contributed by atoms with Crippen LogP contribution in [0.4, 0.5) is 0 Å². The zero-order valence-electron chi connectivity index (χ0n) is 13.3. The van der Waals surface area contributed by atoms with Crippen molar-refractivity contribution in [2.24, 2.45) is 0 Å². The number of rotatable bonds is 8. The maximum absolute atomic E-state index is 12.1. The van der Waals surface area contributed by atoms with E-state index in [4.69, 9.17) is 16.3 Å². The number of hydrogen-bond donors (Lipinski definition) is 0. The van der Waals surface area contributed by atoms with Crippen molar-refractivity contribution < 1.29 is 9.53 Å². The molecule has 122 valence electrons. The summed E-state index contributed by atoms with van der Waals surface area (Å²) < 4.78 is 5.37. The van der Waals surface area contributed by atoms with Crippen LogP contribution in [0.15, 0.2) is 60.7 Å². The SMILES string of the molecule is C[C@@H](c1ccccc1)N(CCCl)CC(=O)OCc1ccccc1. The molecule has 0 heterocycles. The van der Waals surface area contributed by atoms with Gasteiger partial charge in [0, 0.05) is 18.5 Å². The molecule has 0 aliphatic carbocycles. The number of carbonyl (C=O) groups excluding carboxylic acids is 1. The van der Waals surface area contributed by atoms with E-state index in [1.165, 1.54) is 0 Å². The van der Waals surface area contributed by atoms with Gasteiger partial charge in [-0.05, 0) is 18.1 Å². The normalized spacial score (nSPS) is 12.1. The number of ether oxygens (including phenoxy) is 1. The minimum atomic E-state index is -0.234. The van der Waals surface area contributed by atoms with E-state index in [1.807, 2.05) is 53.4 Å². The molecule has 1 atom stereocenters. The average Bonchev–Trinajstić information content (AvgIpc) is 2.60. The third-order valence-electron chi connectivity index (χ3n) is 3.78. The van der Waals surface area contributed by atoms with Gasteiger partial charge in [-0.25, -0.2) is 0 Å². The largest absolute Gasteiger partial charge is 0.460 e. The summed E-state index contributed by atoms with van der Waals surface area (Å²) in [6.45, 7) is 3.24. The topological polar surface area (TPSA) is 29.5 Å². The molecule has 2 aromatic carbocycles. The van der Waals surface area contributed by atoms with Crippen LogP contribution in [0.1, 0.15) is 24.1 Å². The van der Waals surface area contributed by atoms with Crippen LogP contribution in [0.3, 0.4) is 0 Å². The average molecular weight is 332 g/mol. The number of esters is 1. The Bertz CT molecular complexity index is 589. The Balaban J connectivity index is 1.91. The van der Waals surface area contributed by atoms with Crippen molar-refractivity contribution in [3.63, 3.8) is 0 Å². The zero-order valence-corrected chi connectivity index (χ0v) is 14.1. The fraction of sp³-hybridized carbons (Fsp3) is 0.316. The fourth-order valence-corrected chi connectivity index (χ4v) is 2.63. The highest BCUT2D eigenvalue weighted by atomic mass is 35.5. The van der Waals surface area contributed by atoms with Crippen LogP contribution in [0.5, 0.6) is 0 Å². The van der Waals surface area contributed by atoms with Crippen molar-refractivity contribution in [1.82, 2.24) is 4.90 Å². The summed E-state index contributed by atoms with van der Waals surface area (Å²) in [5.74, 6) is 0.241. The van der Waals surface area contributed by atoms with Crippen molar-refractivity contribution in [3.05, 3.63) is 71.8 Å². The summed E-state index contributed by atoms with van der Waals surface area (Å²) in [5, 5.41) is 0. The lowest BCUT2D eigenvalue weighted by atomic mass is 10.1. The minimum absolute atomic E-state index is 0.110. The molecule has 2 rings (SSSR count). The van der Waals surface area contributed by atoms with Gasteiger partial charge in [0.2, 0.25) is 0 Å². The van der Waals surface area contributed by atoms with E-state index in [0.29, 0.717) is 19.0 Å². The van der Waals surface area contributed by atoms with Crippen molar-refractivity contribution >= 4 is 17.6 Å². The van der Waals surface area contributed by atoms with Gasteiger partial charge in [0.25, 0.3) is 0 Å². The van der Waals surface area contributed by atoms with Crippen molar-refractivity contribution in [1.29, 1.82) is 0 Å². The van der Waals surface area contributed by atoms with Crippen LogP contribution >= 0.6 is 11.6 Å². The Labute approximate surface area is 142 Å². The molecule has 2 aromatic rings. The maximum Gasteiger partial charge on any atom is 0.320 e. The maximum atomic E-state index is 12.1. The molecule has 0 N–H and O–H groups in total. The predicted octanol–water partition coefficient (Wildman–Crippen LogP) is 4.03. The molecule has 23 heavy (non-hydrogen) atoms. The first kappa shape index (κ1) is 17.5. The number of halogens is 1. The van der Waals surface area contributed by atoms with Gasteiger partial charge in [-0.15, -0.1) is 11.6 Å². The number of alkyl halides is 1. The molecule has 4 heteroatoms. The predicted molar refractivity (Wildman–Crippen MR) is 93.4 cm³/mol. The third-order valence-corrected chi connectivity index (χ3v) is 3.95. The van der Waals surface area contributed by atoms with Crippen LogP contribution in [0.2, 0.25) is 0 Å². The number of nitrogens with zero attached hydrogens (tertiary/aromatic N) is 1. The van der Waals surface area contributed by atoms with Crippen molar-refractivity contribution in [2.75, 3.05) is 19.0 Å². The van der Waals surface area contributed by atoms with Crippen LogP contribution < -0.4 is 0 Å². The second kappa shape index (κ2) is 9.33. The summed E-state index contributed by atoms with van der Waals surface area (Å²) >= 11 is 5.89. The summed E-state index contributed by atoms with van der Waals surface area (Å²) in [6, 6.07) is 19.9. The molecule has 0 bridgehead atoms. The molecule has 0 aliphatic rings. The number of hydrogen-bond acceptors (Lipinski definition) is 3. The summed E-state index contributed by atoms with van der Waals surface area (Å²) in [6.07, 6.45) is 0. The second-order valence-electron chi connectivity index (χ2n) is 5.39. The third kappa shape index (κ3) is 5.70. The monoisotopic (exact) mass is 331 g/mol. The van der Waals surface area contributed by atoms with Gasteiger partial charge in [-0.2, -0.15) is 0 Å². The Morgan fingerprint density at radius 1 is 1.09 bits per heavy atom. The van der Waals surface area contributed by atoms with Gasteiger partial charge in [0.1, 0.15) is 6.61 Å². The lowest BCUT2D eigenvalue weighted by Gasteiger charge is -2.27. The summed E-state index contributed by atoms with van der Waals surface area (Å²) in [4.78, 5) is 14.2. The number of carbonyl (C=O) groups is 1. The lowest BCUT2D eigenvalue weighted by molar-refractivity contribution is -0.146. The molecule has 0 saturated carbocycles. The van der Waals surface area contributed by atoms with Gasteiger partial charge in [0.05, 0.1) is 6.54 Å². The molecule has 0 unspecified atom stereocenters. The van der Waals surface area contributed by atoms with E-state index in [2.05, 4.69) is 19.1 Å². The van der Waals surface area contributed by atoms with Crippen molar-refractivity contribution in [3.8, 4) is 0 Å². The highest BCUT2D eigenvalue weighted by Gasteiger charge is 2.19. The van der Waals surface area contributed by atoms with E-state index in [1.54, 1.807) is 0 Å². The fourth-order valence-electron chi connectivity index (χ4n) is 2.41. The highest BCUT2D eigenvalue weighted by Crippen LogP contribution is 2.19. The first-order valence-electron chi connectivity index (χ1n) is 7.75. The molecule has 3 nitrogen and oxygen atoms in total. The van der Waals surface area contributed by atoms with Gasteiger partial charge in [-0.3, -0.25) is 9.69 Å². The van der Waals surface area contributed by atoms with E-state index < -0.39 is 0 Å². The van der Waals surface area contributed by atoms with Crippen molar-refractivity contribution in [2.45, 2.75) is 19.6 Å². The van der Waals surface area contributed by atoms with E-state index in [0.717, 1.165) is 11.1 Å². The molecule has 0 fully saturated rings. The van der Waals surface area contributed by atoms with Gasteiger partial charge in [-0.1, -0.05) is 60.7 Å². The van der Waals surface area contributed by atoms with Crippen LogP contribution in [-0.4, -0.2) is 29.8 Å². The molecule has 0 spiro atoms.